The van der Waals surface area contributed by atoms with E-state index in [4.69, 9.17) is 5.73 Å². The van der Waals surface area contributed by atoms with Crippen molar-refractivity contribution in [2.75, 3.05) is 0 Å². The van der Waals surface area contributed by atoms with Gasteiger partial charge in [-0.15, -0.1) is 0 Å². The summed E-state index contributed by atoms with van der Waals surface area (Å²) in [6.45, 7) is 6.88. The van der Waals surface area contributed by atoms with E-state index in [9.17, 15) is 4.39 Å². The third kappa shape index (κ3) is 3.62. The van der Waals surface area contributed by atoms with Crippen LogP contribution in [0.2, 0.25) is 0 Å². The molecule has 1 saturated carbocycles. The monoisotopic (exact) mass is 341 g/mol. The highest BCUT2D eigenvalue weighted by molar-refractivity contribution is 9.10. The van der Waals surface area contributed by atoms with Crippen LogP contribution in [-0.2, 0) is 6.42 Å². The summed E-state index contributed by atoms with van der Waals surface area (Å²) in [5, 5.41) is 0. The van der Waals surface area contributed by atoms with Gasteiger partial charge in [0.2, 0.25) is 0 Å². The second kappa shape index (κ2) is 6.15. The Bertz CT molecular complexity index is 472. The van der Waals surface area contributed by atoms with Crippen molar-refractivity contribution in [1.29, 1.82) is 0 Å². The standard InChI is InChI=1S/C17H25BrFN/c1-11-4-6-13(16(20)8-11)17(2,3)10-12-5-7-15(19)14(18)9-12/h5,7,9,11,13,16H,4,6,8,10,20H2,1-3H3. The van der Waals surface area contributed by atoms with E-state index in [1.165, 1.54) is 18.4 Å². The molecule has 112 valence electrons. The Kier molecular flexibility index (Phi) is 4.91. The van der Waals surface area contributed by atoms with E-state index in [0.717, 1.165) is 18.8 Å². The van der Waals surface area contributed by atoms with Crippen molar-refractivity contribution in [3.8, 4) is 0 Å². The van der Waals surface area contributed by atoms with Crippen molar-refractivity contribution in [2.45, 2.75) is 52.5 Å². The molecule has 0 radical (unpaired) electrons. The summed E-state index contributed by atoms with van der Waals surface area (Å²) < 4.78 is 13.9. The van der Waals surface area contributed by atoms with E-state index < -0.39 is 0 Å². The first kappa shape index (κ1) is 16.0. The van der Waals surface area contributed by atoms with Crippen LogP contribution in [0.4, 0.5) is 4.39 Å². The number of hydrogen-bond acceptors (Lipinski definition) is 1. The lowest BCUT2D eigenvalue weighted by Crippen LogP contribution is -2.44. The summed E-state index contributed by atoms with van der Waals surface area (Å²) in [4.78, 5) is 0. The average molecular weight is 342 g/mol. The summed E-state index contributed by atoms with van der Waals surface area (Å²) in [5.41, 5.74) is 7.72. The molecule has 1 aromatic carbocycles. The number of benzene rings is 1. The summed E-state index contributed by atoms with van der Waals surface area (Å²) >= 11 is 3.27. The number of hydrogen-bond donors (Lipinski definition) is 1. The average Bonchev–Trinajstić information content (AvgIpc) is 2.33. The summed E-state index contributed by atoms with van der Waals surface area (Å²) in [6.07, 6.45) is 4.55. The fraction of sp³-hybridized carbons (Fsp3) is 0.647. The van der Waals surface area contributed by atoms with E-state index in [1.807, 2.05) is 12.1 Å². The van der Waals surface area contributed by atoms with Gasteiger partial charge in [0.25, 0.3) is 0 Å². The van der Waals surface area contributed by atoms with Gasteiger partial charge in [0.15, 0.2) is 0 Å². The van der Waals surface area contributed by atoms with Crippen molar-refractivity contribution in [3.05, 3.63) is 34.1 Å². The summed E-state index contributed by atoms with van der Waals surface area (Å²) in [6, 6.07) is 5.61. The zero-order valence-electron chi connectivity index (χ0n) is 12.6. The highest BCUT2D eigenvalue weighted by Crippen LogP contribution is 2.41. The minimum absolute atomic E-state index is 0.150. The highest BCUT2D eigenvalue weighted by atomic mass is 79.9. The first-order valence-corrected chi connectivity index (χ1v) is 8.28. The Morgan fingerprint density at radius 1 is 1.35 bits per heavy atom. The second-order valence-corrected chi connectivity index (χ2v) is 7.96. The molecule has 0 aliphatic heterocycles. The van der Waals surface area contributed by atoms with Crippen molar-refractivity contribution in [2.24, 2.45) is 23.0 Å². The van der Waals surface area contributed by atoms with Crippen molar-refractivity contribution >= 4 is 15.9 Å². The van der Waals surface area contributed by atoms with Crippen LogP contribution in [0.15, 0.2) is 22.7 Å². The number of nitrogens with two attached hydrogens (primary N) is 1. The molecule has 0 aromatic heterocycles. The maximum Gasteiger partial charge on any atom is 0.137 e. The zero-order chi connectivity index (χ0) is 14.9. The van der Waals surface area contributed by atoms with Crippen LogP contribution < -0.4 is 5.73 Å². The van der Waals surface area contributed by atoms with Gasteiger partial charge in [-0.2, -0.15) is 0 Å². The predicted octanol–water partition coefficient (Wildman–Crippen LogP) is 4.92. The van der Waals surface area contributed by atoms with Crippen LogP contribution in [0.3, 0.4) is 0 Å². The molecular formula is C17H25BrFN. The maximum absolute atomic E-state index is 13.3. The van der Waals surface area contributed by atoms with E-state index in [2.05, 4.69) is 36.7 Å². The predicted molar refractivity (Wildman–Crippen MR) is 86.1 cm³/mol. The smallest absolute Gasteiger partial charge is 0.137 e. The normalized spacial score (nSPS) is 27.6. The van der Waals surface area contributed by atoms with Gasteiger partial charge in [-0.1, -0.05) is 33.3 Å². The third-order valence-electron chi connectivity index (χ3n) is 4.81. The van der Waals surface area contributed by atoms with Gasteiger partial charge in [-0.3, -0.25) is 0 Å². The molecule has 2 N–H and O–H groups in total. The number of rotatable bonds is 3. The maximum atomic E-state index is 13.3. The molecule has 0 saturated heterocycles. The van der Waals surface area contributed by atoms with Crippen LogP contribution in [0, 0.1) is 23.1 Å². The minimum atomic E-state index is -0.199. The molecule has 0 spiro atoms. The van der Waals surface area contributed by atoms with Gasteiger partial charge in [0.05, 0.1) is 4.47 Å². The molecule has 2 rings (SSSR count). The lowest BCUT2D eigenvalue weighted by atomic mass is 9.64. The molecule has 1 nitrogen and oxygen atoms in total. The fourth-order valence-electron chi connectivity index (χ4n) is 3.70. The zero-order valence-corrected chi connectivity index (χ0v) is 14.2. The van der Waals surface area contributed by atoms with Gasteiger partial charge in [-0.25, -0.2) is 4.39 Å². The Balaban J connectivity index is 2.11. The molecule has 20 heavy (non-hydrogen) atoms. The van der Waals surface area contributed by atoms with Crippen LogP contribution in [0.25, 0.3) is 0 Å². The van der Waals surface area contributed by atoms with Gasteiger partial charge in [0.1, 0.15) is 5.82 Å². The van der Waals surface area contributed by atoms with Gasteiger partial charge in [0, 0.05) is 6.04 Å². The first-order valence-electron chi connectivity index (χ1n) is 7.49. The highest BCUT2D eigenvalue weighted by Gasteiger charge is 2.37. The minimum Gasteiger partial charge on any atom is -0.327 e. The Morgan fingerprint density at radius 2 is 2.05 bits per heavy atom. The Hall–Kier alpha value is -0.410. The SMILES string of the molecule is CC1CCC(C(C)(C)Cc2ccc(F)c(Br)c2)C(N)C1. The van der Waals surface area contributed by atoms with Crippen molar-refractivity contribution < 1.29 is 4.39 Å². The van der Waals surface area contributed by atoms with Gasteiger partial charge in [-0.05, 0) is 70.1 Å². The fourth-order valence-corrected chi connectivity index (χ4v) is 4.13. The van der Waals surface area contributed by atoms with E-state index in [-0.39, 0.29) is 17.3 Å². The summed E-state index contributed by atoms with van der Waals surface area (Å²) in [5.74, 6) is 1.09. The largest absolute Gasteiger partial charge is 0.327 e. The molecule has 1 aliphatic rings. The van der Waals surface area contributed by atoms with Crippen molar-refractivity contribution in [3.63, 3.8) is 0 Å². The Morgan fingerprint density at radius 3 is 2.65 bits per heavy atom. The molecule has 1 aliphatic carbocycles. The Labute approximate surface area is 130 Å². The van der Waals surface area contributed by atoms with Crippen LogP contribution in [0.1, 0.15) is 45.6 Å². The molecule has 1 aromatic rings. The van der Waals surface area contributed by atoms with Crippen molar-refractivity contribution in [1.82, 2.24) is 0 Å². The summed E-state index contributed by atoms with van der Waals surface area (Å²) in [7, 11) is 0. The van der Waals surface area contributed by atoms with Gasteiger partial charge < -0.3 is 5.73 Å². The van der Waals surface area contributed by atoms with E-state index in [1.54, 1.807) is 6.07 Å². The van der Waals surface area contributed by atoms with E-state index in [0.29, 0.717) is 10.4 Å². The molecule has 0 bridgehead atoms. The lowest BCUT2D eigenvalue weighted by Gasteiger charge is -2.43. The molecule has 1 fully saturated rings. The quantitative estimate of drug-likeness (QED) is 0.829. The first-order chi connectivity index (χ1) is 9.29. The van der Waals surface area contributed by atoms with Crippen LogP contribution in [-0.4, -0.2) is 6.04 Å². The molecular weight excluding hydrogens is 317 g/mol. The number of halogens is 2. The second-order valence-electron chi connectivity index (χ2n) is 7.10. The molecule has 3 atom stereocenters. The molecule has 0 amide bonds. The van der Waals surface area contributed by atoms with E-state index >= 15 is 0 Å². The molecule has 3 heteroatoms. The third-order valence-corrected chi connectivity index (χ3v) is 5.42. The topological polar surface area (TPSA) is 26.0 Å². The van der Waals surface area contributed by atoms with Gasteiger partial charge >= 0.3 is 0 Å². The lowest BCUT2D eigenvalue weighted by molar-refractivity contribution is 0.113. The van der Waals surface area contributed by atoms with Crippen LogP contribution in [0.5, 0.6) is 0 Å². The molecule has 3 unspecified atom stereocenters. The van der Waals surface area contributed by atoms with Crippen LogP contribution >= 0.6 is 15.9 Å². The molecule has 0 heterocycles.